The molecule has 2 aromatic heterocycles. The van der Waals surface area contributed by atoms with E-state index in [1.165, 1.54) is 11.8 Å². The van der Waals surface area contributed by atoms with Gasteiger partial charge in [0.25, 0.3) is 0 Å². The van der Waals surface area contributed by atoms with Crippen LogP contribution in [-0.4, -0.2) is 38.5 Å². The molecule has 10 heteroatoms. The quantitative estimate of drug-likeness (QED) is 0.308. The van der Waals surface area contributed by atoms with E-state index in [1.807, 2.05) is 4.57 Å². The van der Waals surface area contributed by atoms with Crippen molar-refractivity contribution in [2.45, 2.75) is 11.7 Å². The molecule has 1 amide bonds. The van der Waals surface area contributed by atoms with Crippen LogP contribution in [0.3, 0.4) is 0 Å². The minimum atomic E-state index is -0.236. The average molecular weight is 450 g/mol. The highest BCUT2D eigenvalue weighted by molar-refractivity contribution is 7.99. The number of hydrogen-bond donors (Lipinski definition) is 1. The maximum absolute atomic E-state index is 12.3. The molecule has 0 atom stereocenters. The lowest BCUT2D eigenvalue weighted by Crippen LogP contribution is -2.15. The Morgan fingerprint density at radius 1 is 1.34 bits per heavy atom. The molecule has 0 aliphatic rings. The Balaban J connectivity index is 1.80. The molecule has 1 N–H and O–H groups in total. The Morgan fingerprint density at radius 2 is 2.17 bits per heavy atom. The Bertz CT molecular complexity index is 1040. The van der Waals surface area contributed by atoms with Gasteiger partial charge < -0.3 is 10.1 Å². The number of ether oxygens (including phenoxy) is 1. The number of benzene rings is 1. The first-order chi connectivity index (χ1) is 14.0. The monoisotopic (exact) mass is 449 g/mol. The van der Waals surface area contributed by atoms with E-state index >= 15 is 0 Å². The van der Waals surface area contributed by atoms with Crippen molar-refractivity contribution < 1.29 is 9.53 Å². The van der Waals surface area contributed by atoms with Crippen molar-refractivity contribution in [3.05, 3.63) is 59.4 Å². The zero-order valence-corrected chi connectivity index (χ0v) is 17.8. The van der Waals surface area contributed by atoms with Gasteiger partial charge in [-0.25, -0.2) is 4.98 Å². The third kappa shape index (κ3) is 5.09. The lowest BCUT2D eigenvalue weighted by Gasteiger charge is -2.11. The molecule has 2 heterocycles. The number of amides is 1. The van der Waals surface area contributed by atoms with E-state index in [0.29, 0.717) is 39.5 Å². The van der Waals surface area contributed by atoms with E-state index in [2.05, 4.69) is 27.1 Å². The molecule has 0 radical (unpaired) electrons. The molecule has 3 aromatic rings. The van der Waals surface area contributed by atoms with Gasteiger partial charge in [0, 0.05) is 17.8 Å². The summed E-state index contributed by atoms with van der Waals surface area (Å²) in [5.41, 5.74) is 1.16. The van der Waals surface area contributed by atoms with Crippen LogP contribution in [0.15, 0.2) is 54.3 Å². The van der Waals surface area contributed by atoms with Gasteiger partial charge in [-0.05, 0) is 30.3 Å². The number of rotatable bonds is 8. The van der Waals surface area contributed by atoms with Crippen LogP contribution in [-0.2, 0) is 11.3 Å². The van der Waals surface area contributed by atoms with Crippen LogP contribution in [0.1, 0.15) is 0 Å². The van der Waals surface area contributed by atoms with Crippen molar-refractivity contribution in [1.82, 2.24) is 19.7 Å². The second-order valence-corrected chi connectivity index (χ2v) is 7.47. The molecule has 0 aliphatic carbocycles. The highest BCUT2D eigenvalue weighted by Crippen LogP contribution is 2.33. The van der Waals surface area contributed by atoms with E-state index < -0.39 is 0 Å². The molecule has 0 unspecified atom stereocenters. The van der Waals surface area contributed by atoms with Gasteiger partial charge in [0.15, 0.2) is 16.1 Å². The van der Waals surface area contributed by atoms with Crippen LogP contribution in [0.5, 0.6) is 5.75 Å². The van der Waals surface area contributed by atoms with E-state index in [1.54, 1.807) is 49.7 Å². The van der Waals surface area contributed by atoms with Gasteiger partial charge in [0.1, 0.15) is 5.75 Å². The number of allylic oxidation sites excluding steroid dienone is 1. The summed E-state index contributed by atoms with van der Waals surface area (Å²) in [4.78, 5) is 16.2. The van der Waals surface area contributed by atoms with Gasteiger partial charge in [0.05, 0.1) is 24.1 Å². The van der Waals surface area contributed by atoms with Crippen LogP contribution in [0.2, 0.25) is 10.2 Å². The predicted octanol–water partition coefficient (Wildman–Crippen LogP) is 4.57. The molecule has 1 aromatic carbocycles. The molecule has 0 fully saturated rings. The molecule has 0 spiro atoms. The van der Waals surface area contributed by atoms with Crippen molar-refractivity contribution in [3.63, 3.8) is 0 Å². The van der Waals surface area contributed by atoms with E-state index in [-0.39, 0.29) is 16.8 Å². The van der Waals surface area contributed by atoms with Crippen LogP contribution < -0.4 is 10.1 Å². The zero-order chi connectivity index (χ0) is 20.8. The fraction of sp³-hybridized carbons (Fsp3) is 0.158. The fourth-order valence-corrected chi connectivity index (χ4v) is 3.63. The number of anilines is 1. The molecule has 0 saturated carbocycles. The van der Waals surface area contributed by atoms with Crippen molar-refractivity contribution in [2.75, 3.05) is 18.2 Å². The number of halogens is 2. The van der Waals surface area contributed by atoms with Crippen LogP contribution in [0, 0.1) is 0 Å². The molecule has 29 heavy (non-hydrogen) atoms. The minimum absolute atomic E-state index is 0.118. The summed E-state index contributed by atoms with van der Waals surface area (Å²) in [7, 11) is 1.57. The van der Waals surface area contributed by atoms with Gasteiger partial charge in [-0.3, -0.25) is 9.36 Å². The second kappa shape index (κ2) is 9.78. The van der Waals surface area contributed by atoms with E-state index in [4.69, 9.17) is 27.9 Å². The summed E-state index contributed by atoms with van der Waals surface area (Å²) in [6.07, 6.45) is 3.28. The van der Waals surface area contributed by atoms with Crippen molar-refractivity contribution in [1.29, 1.82) is 0 Å². The van der Waals surface area contributed by atoms with E-state index in [9.17, 15) is 4.79 Å². The number of nitrogens with one attached hydrogen (secondary N) is 1. The number of thioether (sulfide) groups is 1. The highest BCUT2D eigenvalue weighted by atomic mass is 35.5. The number of carbonyl (C=O) groups excluding carboxylic acids is 1. The van der Waals surface area contributed by atoms with Crippen molar-refractivity contribution >= 4 is 46.6 Å². The van der Waals surface area contributed by atoms with E-state index in [0.717, 1.165) is 0 Å². The number of nitrogens with zero attached hydrogens (tertiary/aromatic N) is 4. The average Bonchev–Trinajstić information content (AvgIpc) is 3.11. The van der Waals surface area contributed by atoms with Gasteiger partial charge in [-0.15, -0.1) is 16.8 Å². The smallest absolute Gasteiger partial charge is 0.234 e. The van der Waals surface area contributed by atoms with Crippen LogP contribution in [0.25, 0.3) is 11.4 Å². The molecular formula is C19H17Cl2N5O2S. The number of hydrogen-bond acceptors (Lipinski definition) is 6. The lowest BCUT2D eigenvalue weighted by atomic mass is 10.2. The summed E-state index contributed by atoms with van der Waals surface area (Å²) < 4.78 is 7.26. The molecular weight excluding hydrogens is 433 g/mol. The second-order valence-electron chi connectivity index (χ2n) is 5.73. The fourth-order valence-electron chi connectivity index (χ4n) is 2.54. The highest BCUT2D eigenvalue weighted by Gasteiger charge is 2.18. The topological polar surface area (TPSA) is 81.9 Å². The first-order valence-electron chi connectivity index (χ1n) is 8.44. The summed E-state index contributed by atoms with van der Waals surface area (Å²) in [6.45, 7) is 4.24. The Labute approximate surface area is 182 Å². The van der Waals surface area contributed by atoms with Gasteiger partial charge in [-0.1, -0.05) is 41.0 Å². The Kier molecular flexibility index (Phi) is 7.13. The summed E-state index contributed by atoms with van der Waals surface area (Å²) in [5, 5.41) is 12.6. The number of aromatic nitrogens is 4. The molecule has 0 saturated heterocycles. The third-order valence-corrected chi connectivity index (χ3v) is 5.30. The zero-order valence-electron chi connectivity index (χ0n) is 15.4. The summed E-state index contributed by atoms with van der Waals surface area (Å²) >= 11 is 13.4. The predicted molar refractivity (Wildman–Crippen MR) is 116 cm³/mol. The summed E-state index contributed by atoms with van der Waals surface area (Å²) in [6, 6.07) is 8.64. The molecule has 7 nitrogen and oxygen atoms in total. The number of methoxy groups -OCH3 is 1. The van der Waals surface area contributed by atoms with Crippen molar-refractivity contribution in [2.24, 2.45) is 0 Å². The standard InChI is InChI=1S/C19H17Cl2N5O2S/c1-3-9-26-18(13-10-12(20)6-7-15(13)28-2)24-25-19(26)29-11-16(27)23-14-5-4-8-22-17(14)21/h3-8,10H,1,9,11H2,2H3,(H,23,27). The Morgan fingerprint density at radius 3 is 2.90 bits per heavy atom. The maximum atomic E-state index is 12.3. The SMILES string of the molecule is C=CCn1c(SCC(=O)Nc2cccnc2Cl)nnc1-c1cc(Cl)ccc1OC. The normalized spacial score (nSPS) is 10.6. The van der Waals surface area contributed by atoms with Gasteiger partial charge in [0.2, 0.25) is 5.91 Å². The van der Waals surface area contributed by atoms with Crippen LogP contribution >= 0.6 is 35.0 Å². The molecule has 0 bridgehead atoms. The van der Waals surface area contributed by atoms with Gasteiger partial charge in [-0.2, -0.15) is 0 Å². The third-order valence-electron chi connectivity index (χ3n) is 3.80. The van der Waals surface area contributed by atoms with Crippen LogP contribution in [0.4, 0.5) is 5.69 Å². The number of carbonyl (C=O) groups is 1. The first-order valence-corrected chi connectivity index (χ1v) is 10.2. The minimum Gasteiger partial charge on any atom is -0.496 e. The first kappa shape index (κ1) is 21.2. The maximum Gasteiger partial charge on any atom is 0.234 e. The molecule has 150 valence electrons. The van der Waals surface area contributed by atoms with Gasteiger partial charge >= 0.3 is 0 Å². The lowest BCUT2D eigenvalue weighted by molar-refractivity contribution is -0.113. The Hall–Kier alpha value is -2.55. The number of pyridine rings is 1. The molecule has 3 rings (SSSR count). The largest absolute Gasteiger partial charge is 0.496 e. The van der Waals surface area contributed by atoms with Crippen molar-refractivity contribution in [3.8, 4) is 17.1 Å². The summed E-state index contributed by atoms with van der Waals surface area (Å²) in [5.74, 6) is 1.07. The molecule has 0 aliphatic heterocycles.